The molecule has 0 amide bonds. The summed E-state index contributed by atoms with van der Waals surface area (Å²) in [6, 6.07) is 4.42. The van der Waals surface area contributed by atoms with Crippen LogP contribution < -0.4 is 0 Å². The van der Waals surface area contributed by atoms with E-state index >= 15 is 0 Å². The fourth-order valence-electron chi connectivity index (χ4n) is 1.92. The molecular weight excluding hydrogens is 221 g/mol. The number of ketones is 1. The molecule has 4 heteroatoms. The maximum absolute atomic E-state index is 13.1. The van der Waals surface area contributed by atoms with Gasteiger partial charge in [-0.1, -0.05) is 0 Å². The van der Waals surface area contributed by atoms with E-state index < -0.39 is 6.10 Å². The van der Waals surface area contributed by atoms with Crippen molar-refractivity contribution in [1.29, 1.82) is 0 Å². The fraction of sp³-hybridized carbons (Fsp3) is 0.462. The second kappa shape index (κ2) is 4.94. The average Bonchev–Trinajstić information content (AvgIpc) is 2.32. The lowest BCUT2D eigenvalue weighted by Crippen LogP contribution is -2.44. The maximum atomic E-state index is 13.1. The quantitative estimate of drug-likeness (QED) is 0.732. The Bertz CT molecular complexity index is 433. The number of rotatable bonds is 2. The predicted octanol–water partition coefficient (Wildman–Crippen LogP) is 1.65. The summed E-state index contributed by atoms with van der Waals surface area (Å²) in [6.07, 6.45) is -0.432. The Morgan fingerprint density at radius 3 is 2.94 bits per heavy atom. The standard InChI is InChI=1S/C13H16FNO2/c1-9-7-10(3-4-11(9)14)13(16)12-8-15(2)5-6-17-12/h3-4,7,12H,5-6,8H2,1-2H3. The van der Waals surface area contributed by atoms with E-state index in [2.05, 4.69) is 4.90 Å². The predicted molar refractivity (Wildman–Crippen MR) is 62.7 cm³/mol. The van der Waals surface area contributed by atoms with Crippen LogP contribution in [0.4, 0.5) is 4.39 Å². The second-order valence-corrected chi connectivity index (χ2v) is 4.45. The third kappa shape index (κ3) is 2.70. The molecule has 0 aromatic heterocycles. The van der Waals surface area contributed by atoms with Crippen molar-refractivity contribution in [3.05, 3.63) is 35.1 Å². The van der Waals surface area contributed by atoms with E-state index in [4.69, 9.17) is 4.74 Å². The highest BCUT2D eigenvalue weighted by atomic mass is 19.1. The van der Waals surface area contributed by atoms with E-state index in [1.165, 1.54) is 12.1 Å². The minimum atomic E-state index is -0.432. The summed E-state index contributed by atoms with van der Waals surface area (Å²) in [7, 11) is 1.96. The van der Waals surface area contributed by atoms with Crippen LogP contribution >= 0.6 is 0 Å². The highest BCUT2D eigenvalue weighted by molar-refractivity contribution is 5.99. The molecular formula is C13H16FNO2. The molecule has 92 valence electrons. The van der Waals surface area contributed by atoms with Crippen LogP contribution in [0, 0.1) is 12.7 Å². The Balaban J connectivity index is 2.15. The first-order chi connectivity index (χ1) is 8.08. The van der Waals surface area contributed by atoms with Gasteiger partial charge in [0.05, 0.1) is 6.61 Å². The minimum absolute atomic E-state index is 0.0698. The van der Waals surface area contributed by atoms with Crippen LogP contribution in [0.3, 0.4) is 0 Å². The van der Waals surface area contributed by atoms with Crippen molar-refractivity contribution in [2.24, 2.45) is 0 Å². The summed E-state index contributed by atoms with van der Waals surface area (Å²) in [4.78, 5) is 14.2. The zero-order valence-electron chi connectivity index (χ0n) is 10.1. The number of benzene rings is 1. The van der Waals surface area contributed by atoms with Gasteiger partial charge in [-0.05, 0) is 37.7 Å². The second-order valence-electron chi connectivity index (χ2n) is 4.45. The topological polar surface area (TPSA) is 29.5 Å². The van der Waals surface area contributed by atoms with Crippen molar-refractivity contribution >= 4 is 5.78 Å². The summed E-state index contributed by atoms with van der Waals surface area (Å²) >= 11 is 0. The Kier molecular flexibility index (Phi) is 3.54. The van der Waals surface area contributed by atoms with Crippen molar-refractivity contribution < 1.29 is 13.9 Å². The number of hydrogen-bond donors (Lipinski definition) is 0. The van der Waals surface area contributed by atoms with Gasteiger partial charge in [-0.3, -0.25) is 4.79 Å². The van der Waals surface area contributed by atoms with Crippen LogP contribution in [0.2, 0.25) is 0 Å². The molecule has 0 bridgehead atoms. The summed E-state index contributed by atoms with van der Waals surface area (Å²) < 4.78 is 18.6. The molecule has 0 spiro atoms. The zero-order valence-corrected chi connectivity index (χ0v) is 10.1. The van der Waals surface area contributed by atoms with Crippen molar-refractivity contribution in [1.82, 2.24) is 4.90 Å². The summed E-state index contributed by atoms with van der Waals surface area (Å²) in [5.41, 5.74) is 1.00. The van der Waals surface area contributed by atoms with E-state index in [1.807, 2.05) is 7.05 Å². The largest absolute Gasteiger partial charge is 0.367 e. The van der Waals surface area contributed by atoms with Gasteiger partial charge in [0.2, 0.25) is 0 Å². The van der Waals surface area contributed by atoms with Crippen molar-refractivity contribution in [2.75, 3.05) is 26.7 Å². The number of carbonyl (C=O) groups is 1. The number of hydrogen-bond acceptors (Lipinski definition) is 3. The lowest BCUT2D eigenvalue weighted by atomic mass is 10.0. The van der Waals surface area contributed by atoms with Crippen LogP contribution in [-0.4, -0.2) is 43.5 Å². The molecule has 17 heavy (non-hydrogen) atoms. The lowest BCUT2D eigenvalue weighted by molar-refractivity contribution is -0.00862. The normalized spacial score (nSPS) is 21.5. The van der Waals surface area contributed by atoms with Crippen molar-refractivity contribution in [3.63, 3.8) is 0 Å². The smallest absolute Gasteiger partial charge is 0.192 e. The Morgan fingerprint density at radius 2 is 2.29 bits per heavy atom. The molecule has 1 unspecified atom stereocenters. The van der Waals surface area contributed by atoms with E-state index in [0.29, 0.717) is 24.3 Å². The van der Waals surface area contributed by atoms with E-state index in [-0.39, 0.29) is 11.6 Å². The molecule has 1 fully saturated rings. The van der Waals surface area contributed by atoms with Crippen LogP contribution in [0.5, 0.6) is 0 Å². The molecule has 1 aliphatic rings. The molecule has 1 aromatic rings. The lowest BCUT2D eigenvalue weighted by Gasteiger charge is -2.29. The zero-order chi connectivity index (χ0) is 12.4. The SMILES string of the molecule is Cc1cc(C(=O)C2CN(C)CCO2)ccc1F. The summed E-state index contributed by atoms with van der Waals surface area (Å²) in [5, 5.41) is 0. The van der Waals surface area contributed by atoms with Crippen LogP contribution in [0.1, 0.15) is 15.9 Å². The summed E-state index contributed by atoms with van der Waals surface area (Å²) in [5.74, 6) is -0.358. The number of ether oxygens (including phenoxy) is 1. The van der Waals surface area contributed by atoms with Gasteiger partial charge in [0.15, 0.2) is 5.78 Å². The van der Waals surface area contributed by atoms with Crippen LogP contribution in [-0.2, 0) is 4.74 Å². The van der Waals surface area contributed by atoms with Gasteiger partial charge >= 0.3 is 0 Å². The van der Waals surface area contributed by atoms with Gasteiger partial charge < -0.3 is 9.64 Å². The van der Waals surface area contributed by atoms with E-state index in [9.17, 15) is 9.18 Å². The molecule has 0 aliphatic carbocycles. The van der Waals surface area contributed by atoms with Gasteiger partial charge in [0.1, 0.15) is 11.9 Å². The average molecular weight is 237 g/mol. The number of Topliss-reactive ketones (excluding diaryl/α,β-unsaturated/α-hetero) is 1. The third-order valence-corrected chi connectivity index (χ3v) is 3.00. The summed E-state index contributed by atoms with van der Waals surface area (Å²) in [6.45, 7) is 3.65. The van der Waals surface area contributed by atoms with Crippen LogP contribution in [0.25, 0.3) is 0 Å². The molecule has 3 nitrogen and oxygen atoms in total. The highest BCUT2D eigenvalue weighted by Crippen LogP contribution is 2.14. The molecule has 1 heterocycles. The Morgan fingerprint density at radius 1 is 1.53 bits per heavy atom. The van der Waals surface area contributed by atoms with E-state index in [0.717, 1.165) is 6.54 Å². The molecule has 1 saturated heterocycles. The minimum Gasteiger partial charge on any atom is -0.367 e. The van der Waals surface area contributed by atoms with Gasteiger partial charge in [-0.15, -0.1) is 0 Å². The fourth-order valence-corrected chi connectivity index (χ4v) is 1.92. The maximum Gasteiger partial charge on any atom is 0.192 e. The number of halogens is 1. The number of aryl methyl sites for hydroxylation is 1. The Labute approximate surface area is 100 Å². The molecule has 0 N–H and O–H groups in total. The molecule has 0 saturated carbocycles. The molecule has 1 atom stereocenters. The monoisotopic (exact) mass is 237 g/mol. The first-order valence-electron chi connectivity index (χ1n) is 5.68. The van der Waals surface area contributed by atoms with Crippen molar-refractivity contribution in [3.8, 4) is 0 Å². The molecule has 1 aromatic carbocycles. The molecule has 0 radical (unpaired) electrons. The van der Waals surface area contributed by atoms with Gasteiger partial charge in [-0.25, -0.2) is 4.39 Å². The first-order valence-corrected chi connectivity index (χ1v) is 5.68. The molecule has 2 rings (SSSR count). The van der Waals surface area contributed by atoms with E-state index in [1.54, 1.807) is 13.0 Å². The van der Waals surface area contributed by atoms with Crippen LogP contribution in [0.15, 0.2) is 18.2 Å². The van der Waals surface area contributed by atoms with Gasteiger partial charge in [-0.2, -0.15) is 0 Å². The number of carbonyl (C=O) groups excluding carboxylic acids is 1. The Hall–Kier alpha value is -1.26. The molecule has 1 aliphatic heterocycles. The third-order valence-electron chi connectivity index (χ3n) is 3.00. The number of nitrogens with zero attached hydrogens (tertiary/aromatic N) is 1. The van der Waals surface area contributed by atoms with Gasteiger partial charge in [0.25, 0.3) is 0 Å². The van der Waals surface area contributed by atoms with Gasteiger partial charge in [0, 0.05) is 18.7 Å². The highest BCUT2D eigenvalue weighted by Gasteiger charge is 2.25. The number of likely N-dealkylation sites (N-methyl/N-ethyl adjacent to an activating group) is 1. The van der Waals surface area contributed by atoms with Crippen molar-refractivity contribution in [2.45, 2.75) is 13.0 Å². The first kappa shape index (κ1) is 12.2. The number of morpholine rings is 1.